The Morgan fingerprint density at radius 2 is 1.78 bits per heavy atom. The van der Waals surface area contributed by atoms with E-state index in [9.17, 15) is 18.0 Å². The van der Waals surface area contributed by atoms with Gasteiger partial charge < -0.3 is 5.32 Å². The minimum atomic E-state index is -4.48. The summed E-state index contributed by atoms with van der Waals surface area (Å²) in [4.78, 5) is 17.0. The van der Waals surface area contributed by atoms with Gasteiger partial charge in [-0.05, 0) is 47.0 Å². The third-order valence-corrected chi connectivity index (χ3v) is 4.74. The van der Waals surface area contributed by atoms with Gasteiger partial charge in [-0.15, -0.1) is 0 Å². The monoisotopic (exact) mass is 452 g/mol. The van der Waals surface area contributed by atoms with E-state index in [4.69, 9.17) is 0 Å². The van der Waals surface area contributed by atoms with Gasteiger partial charge in [0.2, 0.25) is 0 Å². The maximum atomic E-state index is 12.8. The van der Waals surface area contributed by atoms with Crippen LogP contribution in [-0.4, -0.2) is 16.4 Å². The highest BCUT2D eigenvalue weighted by Gasteiger charge is 2.28. The summed E-state index contributed by atoms with van der Waals surface area (Å²) in [6, 6.07) is 15.3. The first-order valence-electron chi connectivity index (χ1n) is 7.69. The highest BCUT2D eigenvalue weighted by atomic mass is 79.9. The Morgan fingerprint density at radius 1 is 1.07 bits per heavy atom. The molecule has 0 atom stereocenters. The molecule has 3 nitrogen and oxygen atoms in total. The van der Waals surface area contributed by atoms with Gasteiger partial charge in [0, 0.05) is 16.1 Å². The van der Waals surface area contributed by atoms with E-state index in [0.29, 0.717) is 16.8 Å². The number of benzene rings is 2. The van der Waals surface area contributed by atoms with Crippen LogP contribution in [0.5, 0.6) is 0 Å². The van der Waals surface area contributed by atoms with Crippen molar-refractivity contribution in [2.75, 3.05) is 5.32 Å². The Bertz CT molecular complexity index is 999. The fourth-order valence-electron chi connectivity index (χ4n) is 2.40. The van der Waals surface area contributed by atoms with Gasteiger partial charge in [0.05, 0.1) is 16.8 Å². The van der Waals surface area contributed by atoms with Crippen LogP contribution in [0.3, 0.4) is 0 Å². The lowest BCUT2D eigenvalue weighted by atomic mass is 10.1. The number of thioether (sulfide) groups is 1. The van der Waals surface area contributed by atoms with Crippen molar-refractivity contribution in [2.45, 2.75) is 5.51 Å². The number of alkyl halides is 3. The van der Waals surface area contributed by atoms with Crippen LogP contribution >= 0.6 is 27.7 Å². The number of nitrogens with zero attached hydrogens (tertiary/aromatic N) is 1. The Balaban J connectivity index is 1.96. The second-order valence-electron chi connectivity index (χ2n) is 5.44. The highest BCUT2D eigenvalue weighted by molar-refractivity contribution is 9.10. The molecule has 0 aliphatic carbocycles. The standard InChI is InChI=1S/C19H12BrF3N2OS/c20-14-8-6-12(7-9-14)15(11-27-19(21,22)23)18(26)25-16-5-1-3-13-4-2-10-24-17(13)16/h1-11H,(H,25,26)/b15-11-. The van der Waals surface area contributed by atoms with E-state index >= 15 is 0 Å². The molecule has 1 amide bonds. The Hall–Kier alpha value is -2.32. The molecule has 0 bridgehead atoms. The van der Waals surface area contributed by atoms with Gasteiger partial charge in [0.15, 0.2) is 0 Å². The summed E-state index contributed by atoms with van der Waals surface area (Å²) in [7, 11) is 0. The van der Waals surface area contributed by atoms with Crippen molar-refractivity contribution >= 4 is 55.8 Å². The van der Waals surface area contributed by atoms with Gasteiger partial charge in [-0.1, -0.05) is 46.3 Å². The zero-order chi connectivity index (χ0) is 19.4. The predicted molar refractivity (Wildman–Crippen MR) is 106 cm³/mol. The molecule has 0 spiro atoms. The van der Waals surface area contributed by atoms with E-state index in [-0.39, 0.29) is 17.3 Å². The fraction of sp³-hybridized carbons (Fsp3) is 0.0526. The van der Waals surface area contributed by atoms with Crippen LogP contribution in [0.1, 0.15) is 5.56 Å². The molecule has 3 rings (SSSR count). The number of carbonyl (C=O) groups is 1. The molecule has 3 aromatic rings. The Kier molecular flexibility index (Phi) is 5.86. The number of anilines is 1. The van der Waals surface area contributed by atoms with E-state index in [2.05, 4.69) is 26.2 Å². The van der Waals surface area contributed by atoms with Gasteiger partial charge in [-0.3, -0.25) is 9.78 Å². The summed E-state index contributed by atoms with van der Waals surface area (Å²) in [6.07, 6.45) is 1.59. The molecule has 1 heterocycles. The lowest BCUT2D eigenvalue weighted by molar-refractivity contribution is -0.111. The van der Waals surface area contributed by atoms with Crippen molar-refractivity contribution in [1.82, 2.24) is 4.98 Å². The second-order valence-corrected chi connectivity index (χ2v) is 7.29. The maximum Gasteiger partial charge on any atom is 0.445 e. The van der Waals surface area contributed by atoms with Crippen LogP contribution in [-0.2, 0) is 4.79 Å². The molecule has 0 fully saturated rings. The normalized spacial score (nSPS) is 12.2. The maximum absolute atomic E-state index is 12.8. The molecule has 0 unspecified atom stereocenters. The smallest absolute Gasteiger partial charge is 0.320 e. The van der Waals surface area contributed by atoms with Crippen molar-refractivity contribution in [2.24, 2.45) is 0 Å². The van der Waals surface area contributed by atoms with Crippen LogP contribution in [0, 0.1) is 0 Å². The average molecular weight is 453 g/mol. The number of nitrogens with one attached hydrogen (secondary N) is 1. The number of pyridine rings is 1. The van der Waals surface area contributed by atoms with Gasteiger partial charge >= 0.3 is 5.51 Å². The van der Waals surface area contributed by atoms with Crippen LogP contribution in [0.15, 0.2) is 70.7 Å². The molecule has 2 aromatic carbocycles. The highest BCUT2D eigenvalue weighted by Crippen LogP contribution is 2.34. The average Bonchev–Trinajstić information content (AvgIpc) is 2.63. The number of carbonyl (C=O) groups excluding carboxylic acids is 1. The van der Waals surface area contributed by atoms with Crippen molar-refractivity contribution in [1.29, 1.82) is 0 Å². The van der Waals surface area contributed by atoms with E-state index in [1.165, 1.54) is 0 Å². The third-order valence-electron chi connectivity index (χ3n) is 3.59. The first-order valence-corrected chi connectivity index (χ1v) is 9.36. The molecule has 0 radical (unpaired) electrons. The molecular weight excluding hydrogens is 441 g/mol. The Morgan fingerprint density at radius 3 is 2.48 bits per heavy atom. The summed E-state index contributed by atoms with van der Waals surface area (Å²) >= 11 is 2.90. The topological polar surface area (TPSA) is 42.0 Å². The molecular formula is C19H12BrF3N2OS. The molecule has 27 heavy (non-hydrogen) atoms. The summed E-state index contributed by atoms with van der Waals surface area (Å²) in [5, 5.41) is 4.30. The molecule has 0 saturated heterocycles. The van der Waals surface area contributed by atoms with E-state index < -0.39 is 11.4 Å². The summed E-state index contributed by atoms with van der Waals surface area (Å²) in [5.74, 6) is -0.646. The van der Waals surface area contributed by atoms with E-state index in [0.717, 1.165) is 15.3 Å². The number of halogens is 4. The van der Waals surface area contributed by atoms with Gasteiger partial charge in [0.25, 0.3) is 5.91 Å². The first kappa shape index (κ1) is 19.4. The zero-order valence-corrected chi connectivity index (χ0v) is 16.0. The Labute approximate surface area is 165 Å². The lowest BCUT2D eigenvalue weighted by Gasteiger charge is -2.12. The van der Waals surface area contributed by atoms with Crippen molar-refractivity contribution in [3.8, 4) is 0 Å². The minimum Gasteiger partial charge on any atom is -0.320 e. The van der Waals surface area contributed by atoms with Gasteiger partial charge in [0.1, 0.15) is 0 Å². The SMILES string of the molecule is O=C(Nc1cccc2cccnc12)/C(=C\SC(F)(F)F)c1ccc(Br)cc1. The predicted octanol–water partition coefficient (Wildman–Crippen LogP) is 6.23. The number of amides is 1. The minimum absolute atomic E-state index is 0.0854. The largest absolute Gasteiger partial charge is 0.445 e. The molecule has 1 aromatic heterocycles. The zero-order valence-electron chi connectivity index (χ0n) is 13.6. The summed E-state index contributed by atoms with van der Waals surface area (Å²) < 4.78 is 38.7. The number of aromatic nitrogens is 1. The number of fused-ring (bicyclic) bond motifs is 1. The van der Waals surface area contributed by atoms with Crippen molar-refractivity contribution in [3.05, 3.63) is 76.2 Å². The molecule has 1 N–H and O–H groups in total. The fourth-order valence-corrected chi connectivity index (χ4v) is 3.16. The molecule has 0 saturated carbocycles. The lowest BCUT2D eigenvalue weighted by Crippen LogP contribution is -2.14. The van der Waals surface area contributed by atoms with Gasteiger partial charge in [-0.2, -0.15) is 13.2 Å². The second kappa shape index (κ2) is 8.14. The van der Waals surface area contributed by atoms with Crippen molar-refractivity contribution in [3.63, 3.8) is 0 Å². The van der Waals surface area contributed by atoms with E-state index in [1.807, 2.05) is 12.1 Å². The number of hydrogen-bond acceptors (Lipinski definition) is 3. The summed E-state index contributed by atoms with van der Waals surface area (Å²) in [5.41, 5.74) is -3.20. The van der Waals surface area contributed by atoms with E-state index in [1.54, 1.807) is 48.7 Å². The third kappa shape index (κ3) is 5.11. The van der Waals surface area contributed by atoms with Crippen LogP contribution in [0.25, 0.3) is 16.5 Å². The van der Waals surface area contributed by atoms with Crippen LogP contribution in [0.4, 0.5) is 18.9 Å². The van der Waals surface area contributed by atoms with Crippen LogP contribution < -0.4 is 5.32 Å². The number of para-hydroxylation sites is 1. The molecule has 0 aliphatic heterocycles. The molecule has 0 aliphatic rings. The number of hydrogen-bond donors (Lipinski definition) is 1. The first-order chi connectivity index (χ1) is 12.8. The summed E-state index contributed by atoms with van der Waals surface area (Å²) in [6.45, 7) is 0. The van der Waals surface area contributed by atoms with Crippen molar-refractivity contribution < 1.29 is 18.0 Å². The molecule has 8 heteroatoms. The van der Waals surface area contributed by atoms with Crippen LogP contribution in [0.2, 0.25) is 0 Å². The number of rotatable bonds is 4. The molecule has 138 valence electrons. The van der Waals surface area contributed by atoms with Gasteiger partial charge in [-0.25, -0.2) is 0 Å². The quantitative estimate of drug-likeness (QED) is 0.477.